The van der Waals surface area contributed by atoms with Crippen LogP contribution in [0.25, 0.3) is 33.1 Å². The second-order valence-corrected chi connectivity index (χ2v) is 6.03. The second-order valence-electron chi connectivity index (χ2n) is 6.03. The van der Waals surface area contributed by atoms with Crippen LogP contribution in [0.4, 0.5) is 0 Å². The third kappa shape index (κ3) is 1.93. The molecule has 0 amide bonds. The zero-order valence-corrected chi connectivity index (χ0v) is 12.8. The Balaban J connectivity index is 2.17. The Morgan fingerprint density at radius 3 is 2.27 bits per heavy atom. The van der Waals surface area contributed by atoms with Crippen molar-refractivity contribution in [2.75, 3.05) is 0 Å². The summed E-state index contributed by atoms with van der Waals surface area (Å²) in [6.07, 6.45) is 0. The van der Waals surface area contributed by atoms with Crippen molar-refractivity contribution >= 4 is 21.9 Å². The summed E-state index contributed by atoms with van der Waals surface area (Å²) in [5.74, 6) is 0.438. The van der Waals surface area contributed by atoms with E-state index in [-0.39, 0.29) is 0 Å². The van der Waals surface area contributed by atoms with Crippen LogP contribution in [0.15, 0.2) is 71.1 Å². The van der Waals surface area contributed by atoms with Gasteiger partial charge in [0, 0.05) is 10.8 Å². The minimum absolute atomic E-state index is 0.438. The smallest absolute Gasteiger partial charge is 0.139 e. The molecule has 0 aliphatic rings. The normalized spacial score (nSPS) is 11.6. The Morgan fingerprint density at radius 2 is 1.50 bits per heavy atom. The molecule has 0 aliphatic heterocycles. The maximum Gasteiger partial charge on any atom is 0.139 e. The first-order valence-corrected chi connectivity index (χ1v) is 7.75. The zero-order valence-electron chi connectivity index (χ0n) is 12.8. The molecular formula is C21H18O. The number of hydrogen-bond acceptors (Lipinski definition) is 1. The first kappa shape index (κ1) is 13.1. The van der Waals surface area contributed by atoms with E-state index in [1.165, 1.54) is 27.5 Å². The van der Waals surface area contributed by atoms with Crippen molar-refractivity contribution in [2.24, 2.45) is 0 Å². The van der Waals surface area contributed by atoms with Gasteiger partial charge in [-0.05, 0) is 28.7 Å². The molecule has 0 saturated heterocycles. The summed E-state index contributed by atoms with van der Waals surface area (Å²) in [6, 6.07) is 23.3. The Morgan fingerprint density at radius 1 is 0.773 bits per heavy atom. The average molecular weight is 286 g/mol. The van der Waals surface area contributed by atoms with Crippen LogP contribution in [-0.2, 0) is 0 Å². The van der Waals surface area contributed by atoms with Crippen LogP contribution in [0.5, 0.6) is 0 Å². The largest absolute Gasteiger partial charge is 0.456 e. The predicted octanol–water partition coefficient (Wildman–Crippen LogP) is 6.38. The van der Waals surface area contributed by atoms with Gasteiger partial charge in [0.05, 0.1) is 0 Å². The maximum atomic E-state index is 6.21. The van der Waals surface area contributed by atoms with Crippen LogP contribution in [-0.4, -0.2) is 0 Å². The summed E-state index contributed by atoms with van der Waals surface area (Å²) in [5.41, 5.74) is 5.73. The highest BCUT2D eigenvalue weighted by molar-refractivity contribution is 6.13. The highest BCUT2D eigenvalue weighted by Gasteiger charge is 2.16. The summed E-state index contributed by atoms with van der Waals surface area (Å²) < 4.78 is 6.21. The van der Waals surface area contributed by atoms with Gasteiger partial charge in [-0.15, -0.1) is 0 Å². The summed E-state index contributed by atoms with van der Waals surface area (Å²) in [6.45, 7) is 4.42. The first-order valence-electron chi connectivity index (χ1n) is 7.75. The van der Waals surface area contributed by atoms with Gasteiger partial charge in [-0.3, -0.25) is 0 Å². The fourth-order valence-corrected chi connectivity index (χ4v) is 3.16. The number of para-hydroxylation sites is 1. The molecule has 1 nitrogen and oxygen atoms in total. The molecule has 1 heterocycles. The molecular weight excluding hydrogens is 268 g/mol. The first-order chi connectivity index (χ1) is 10.8. The van der Waals surface area contributed by atoms with Crippen molar-refractivity contribution < 1.29 is 4.42 Å². The van der Waals surface area contributed by atoms with Crippen molar-refractivity contribution in [3.63, 3.8) is 0 Å². The summed E-state index contributed by atoms with van der Waals surface area (Å²) in [5, 5.41) is 2.42. The highest BCUT2D eigenvalue weighted by Crippen LogP contribution is 2.40. The average Bonchev–Trinajstić information content (AvgIpc) is 2.94. The summed E-state index contributed by atoms with van der Waals surface area (Å²) in [7, 11) is 0. The van der Waals surface area contributed by atoms with E-state index in [9.17, 15) is 0 Å². The lowest BCUT2D eigenvalue weighted by molar-refractivity contribution is 0.657. The number of fused-ring (bicyclic) bond motifs is 3. The lowest BCUT2D eigenvalue weighted by Crippen LogP contribution is -1.89. The van der Waals surface area contributed by atoms with E-state index < -0.39 is 0 Å². The van der Waals surface area contributed by atoms with Crippen molar-refractivity contribution in [1.82, 2.24) is 0 Å². The lowest BCUT2D eigenvalue weighted by atomic mass is 9.93. The predicted molar refractivity (Wildman–Crippen MR) is 93.2 cm³/mol. The van der Waals surface area contributed by atoms with Crippen LogP contribution in [0, 0.1) is 0 Å². The third-order valence-corrected chi connectivity index (χ3v) is 4.26. The van der Waals surface area contributed by atoms with Crippen LogP contribution >= 0.6 is 0 Å². The van der Waals surface area contributed by atoms with Gasteiger partial charge in [0.15, 0.2) is 0 Å². The maximum absolute atomic E-state index is 6.21. The molecule has 3 aromatic carbocycles. The van der Waals surface area contributed by atoms with Crippen molar-refractivity contribution in [2.45, 2.75) is 19.8 Å². The molecule has 22 heavy (non-hydrogen) atoms. The van der Waals surface area contributed by atoms with Gasteiger partial charge >= 0.3 is 0 Å². The summed E-state index contributed by atoms with van der Waals surface area (Å²) in [4.78, 5) is 0. The monoisotopic (exact) mass is 286 g/mol. The van der Waals surface area contributed by atoms with Crippen LogP contribution in [0.2, 0.25) is 0 Å². The topological polar surface area (TPSA) is 13.1 Å². The molecule has 0 N–H and O–H groups in total. The number of furan rings is 1. The van der Waals surface area contributed by atoms with Crippen molar-refractivity contribution in [3.05, 3.63) is 72.3 Å². The molecule has 4 rings (SSSR count). The molecule has 1 heteroatoms. The zero-order chi connectivity index (χ0) is 15.1. The molecule has 0 fully saturated rings. The van der Waals surface area contributed by atoms with Crippen LogP contribution in [0.1, 0.15) is 25.3 Å². The third-order valence-electron chi connectivity index (χ3n) is 4.26. The molecule has 4 aromatic rings. The van der Waals surface area contributed by atoms with Gasteiger partial charge in [0.1, 0.15) is 11.2 Å². The fraction of sp³-hybridized carbons (Fsp3) is 0.143. The van der Waals surface area contributed by atoms with Gasteiger partial charge in [0.2, 0.25) is 0 Å². The number of benzene rings is 3. The minimum atomic E-state index is 0.438. The molecule has 0 atom stereocenters. The Labute approximate surface area is 130 Å². The van der Waals surface area contributed by atoms with E-state index >= 15 is 0 Å². The standard InChI is InChI=1S/C21H18O/c1-14(2)16-12-13-17(15-8-4-3-5-9-15)20-18-10-6-7-11-19(18)22-21(16)20/h3-14H,1-2H3. The molecule has 0 spiro atoms. The van der Waals surface area contributed by atoms with E-state index in [4.69, 9.17) is 4.42 Å². The molecule has 0 radical (unpaired) electrons. The van der Waals surface area contributed by atoms with E-state index in [2.05, 4.69) is 68.4 Å². The lowest BCUT2D eigenvalue weighted by Gasteiger charge is -2.10. The van der Waals surface area contributed by atoms with Gasteiger partial charge in [-0.2, -0.15) is 0 Å². The SMILES string of the molecule is CC(C)c1ccc(-c2ccccc2)c2c1oc1ccccc12. The molecule has 108 valence electrons. The number of rotatable bonds is 2. The molecule has 0 saturated carbocycles. The van der Waals surface area contributed by atoms with Gasteiger partial charge in [-0.1, -0.05) is 74.5 Å². The van der Waals surface area contributed by atoms with Crippen LogP contribution < -0.4 is 0 Å². The van der Waals surface area contributed by atoms with Gasteiger partial charge in [-0.25, -0.2) is 0 Å². The minimum Gasteiger partial charge on any atom is -0.456 e. The molecule has 1 aromatic heterocycles. The van der Waals surface area contributed by atoms with E-state index in [1.54, 1.807) is 0 Å². The van der Waals surface area contributed by atoms with Crippen molar-refractivity contribution in [1.29, 1.82) is 0 Å². The fourth-order valence-electron chi connectivity index (χ4n) is 3.16. The Bertz CT molecular complexity index is 946. The second kappa shape index (κ2) is 5.03. The Kier molecular flexibility index (Phi) is 3.00. The molecule has 0 bridgehead atoms. The van der Waals surface area contributed by atoms with E-state index in [1.807, 2.05) is 12.1 Å². The molecule has 0 unspecified atom stereocenters. The van der Waals surface area contributed by atoms with Gasteiger partial charge in [0.25, 0.3) is 0 Å². The number of hydrogen-bond donors (Lipinski definition) is 0. The van der Waals surface area contributed by atoms with Gasteiger partial charge < -0.3 is 4.42 Å². The van der Waals surface area contributed by atoms with Crippen LogP contribution in [0.3, 0.4) is 0 Å². The molecule has 0 aliphatic carbocycles. The summed E-state index contributed by atoms with van der Waals surface area (Å²) >= 11 is 0. The Hall–Kier alpha value is -2.54. The van der Waals surface area contributed by atoms with Crippen molar-refractivity contribution in [3.8, 4) is 11.1 Å². The van der Waals surface area contributed by atoms with E-state index in [0.717, 1.165) is 11.2 Å². The van der Waals surface area contributed by atoms with E-state index in [0.29, 0.717) is 5.92 Å². The highest BCUT2D eigenvalue weighted by atomic mass is 16.3. The quantitative estimate of drug-likeness (QED) is 0.417.